The molecule has 1 saturated heterocycles. The number of hydrogen-bond donors (Lipinski definition) is 3. The highest BCUT2D eigenvalue weighted by atomic mass is 16.3. The summed E-state index contributed by atoms with van der Waals surface area (Å²) in [5, 5.41) is 18.7. The van der Waals surface area contributed by atoms with Crippen molar-refractivity contribution < 1.29 is 9.90 Å². The number of carbonyl (C=O) groups is 1. The maximum atomic E-state index is 13.5. The predicted molar refractivity (Wildman–Crippen MR) is 130 cm³/mol. The van der Waals surface area contributed by atoms with Crippen molar-refractivity contribution in [2.75, 3.05) is 18.4 Å². The molecule has 4 atom stereocenters. The van der Waals surface area contributed by atoms with Crippen LogP contribution in [0.4, 0.5) is 5.69 Å². The molecule has 5 heteroatoms. The normalized spacial score (nSPS) is 32.5. The van der Waals surface area contributed by atoms with Gasteiger partial charge < -0.3 is 15.7 Å². The number of anilines is 1. The van der Waals surface area contributed by atoms with E-state index in [9.17, 15) is 9.90 Å². The Hall–Kier alpha value is -2.63. The average Bonchev–Trinajstić information content (AvgIpc) is 3.27. The number of aliphatic hydroxyl groups is 1. The summed E-state index contributed by atoms with van der Waals surface area (Å²) >= 11 is 0. The molecule has 3 fully saturated rings. The van der Waals surface area contributed by atoms with E-state index in [4.69, 9.17) is 0 Å². The zero-order valence-corrected chi connectivity index (χ0v) is 19.2. The fourth-order valence-corrected chi connectivity index (χ4v) is 6.48. The Labute approximate surface area is 195 Å². The van der Waals surface area contributed by atoms with Crippen LogP contribution >= 0.6 is 0 Å². The van der Waals surface area contributed by atoms with E-state index in [2.05, 4.69) is 58.9 Å². The second-order valence-electron chi connectivity index (χ2n) is 10.5. The Balaban J connectivity index is 1.14. The second-order valence-corrected chi connectivity index (χ2v) is 10.5. The molecule has 33 heavy (non-hydrogen) atoms. The molecular formula is C28H33N3O2. The minimum atomic E-state index is -1.43. The molecule has 2 aliphatic heterocycles. The van der Waals surface area contributed by atoms with E-state index in [-0.39, 0.29) is 23.5 Å². The van der Waals surface area contributed by atoms with Gasteiger partial charge in [-0.25, -0.2) is 0 Å². The fraction of sp³-hybridized carbons (Fsp3) is 0.464. The molecule has 6 rings (SSSR count). The number of carbonyl (C=O) groups excluding carboxylic acids is 1. The van der Waals surface area contributed by atoms with Crippen LogP contribution in [0, 0.1) is 17.8 Å². The third-order valence-corrected chi connectivity index (χ3v) is 8.59. The van der Waals surface area contributed by atoms with Crippen LogP contribution in [0.2, 0.25) is 0 Å². The first-order valence-electron chi connectivity index (χ1n) is 12.4. The van der Waals surface area contributed by atoms with Crippen molar-refractivity contribution in [3.63, 3.8) is 0 Å². The number of amides is 1. The summed E-state index contributed by atoms with van der Waals surface area (Å²) in [6, 6.07) is 18.1. The summed E-state index contributed by atoms with van der Waals surface area (Å²) in [6.45, 7) is 4.11. The summed E-state index contributed by atoms with van der Waals surface area (Å²) in [5.74, 6) is 0.677. The molecule has 2 aromatic rings. The monoisotopic (exact) mass is 443 g/mol. The van der Waals surface area contributed by atoms with Gasteiger partial charge in [-0.05, 0) is 54.9 Å². The van der Waals surface area contributed by atoms with Gasteiger partial charge in [0.05, 0.1) is 0 Å². The first-order valence-corrected chi connectivity index (χ1v) is 12.4. The van der Waals surface area contributed by atoms with Gasteiger partial charge in [-0.2, -0.15) is 0 Å². The van der Waals surface area contributed by atoms with Crippen molar-refractivity contribution in [3.8, 4) is 0 Å². The summed E-state index contributed by atoms with van der Waals surface area (Å²) in [6.07, 6.45) is 8.43. The molecule has 0 aromatic heterocycles. The van der Waals surface area contributed by atoms with Crippen LogP contribution in [0.1, 0.15) is 43.7 Å². The number of nitrogens with zero attached hydrogens (tertiary/aromatic N) is 1. The topological polar surface area (TPSA) is 64.6 Å². The van der Waals surface area contributed by atoms with Crippen LogP contribution in [0.5, 0.6) is 0 Å². The van der Waals surface area contributed by atoms with E-state index < -0.39 is 5.60 Å². The largest absolute Gasteiger partial charge is 0.375 e. The summed E-state index contributed by atoms with van der Waals surface area (Å²) in [4.78, 5) is 16.0. The van der Waals surface area contributed by atoms with E-state index >= 15 is 0 Å². The molecule has 0 radical (unpaired) electrons. The van der Waals surface area contributed by atoms with E-state index in [1.807, 2.05) is 30.3 Å². The van der Waals surface area contributed by atoms with Crippen molar-refractivity contribution in [2.24, 2.45) is 17.8 Å². The molecule has 5 nitrogen and oxygen atoms in total. The van der Waals surface area contributed by atoms with Gasteiger partial charge in [0.2, 0.25) is 0 Å². The van der Waals surface area contributed by atoms with E-state index in [1.165, 1.54) is 5.56 Å². The van der Waals surface area contributed by atoms with Crippen LogP contribution < -0.4 is 10.6 Å². The number of likely N-dealkylation sites (tertiary alicyclic amines) is 1. The second kappa shape index (κ2) is 7.71. The molecular weight excluding hydrogens is 410 g/mol. The lowest BCUT2D eigenvalue weighted by Crippen LogP contribution is -2.54. The molecule has 2 saturated carbocycles. The molecule has 172 valence electrons. The fourth-order valence-electron chi connectivity index (χ4n) is 6.48. The zero-order valence-electron chi connectivity index (χ0n) is 19.2. The lowest BCUT2D eigenvalue weighted by molar-refractivity contribution is -0.147. The van der Waals surface area contributed by atoms with Crippen molar-refractivity contribution in [1.29, 1.82) is 0 Å². The third kappa shape index (κ3) is 3.41. The highest BCUT2D eigenvalue weighted by Gasteiger charge is 2.60. The maximum absolute atomic E-state index is 13.5. The van der Waals surface area contributed by atoms with Crippen LogP contribution in [-0.4, -0.2) is 40.7 Å². The molecule has 1 amide bonds. The van der Waals surface area contributed by atoms with Gasteiger partial charge >= 0.3 is 0 Å². The van der Waals surface area contributed by atoms with Gasteiger partial charge in [-0.3, -0.25) is 9.69 Å². The van der Waals surface area contributed by atoms with Crippen molar-refractivity contribution >= 4 is 17.7 Å². The number of fused-ring (bicyclic) bond motifs is 2. The third-order valence-electron chi connectivity index (χ3n) is 8.59. The summed E-state index contributed by atoms with van der Waals surface area (Å²) < 4.78 is 0. The summed E-state index contributed by atoms with van der Waals surface area (Å²) in [5.41, 5.74) is 1.46. The number of para-hydroxylation sites is 1. The highest BCUT2D eigenvalue weighted by Crippen LogP contribution is 2.49. The average molecular weight is 444 g/mol. The Bertz CT molecular complexity index is 1070. The summed E-state index contributed by atoms with van der Waals surface area (Å²) in [7, 11) is 0. The molecule has 4 unspecified atom stereocenters. The Morgan fingerprint density at radius 2 is 1.73 bits per heavy atom. The molecule has 3 N–H and O–H groups in total. The van der Waals surface area contributed by atoms with E-state index in [0.29, 0.717) is 11.8 Å². The molecule has 4 aliphatic rings. The molecule has 2 aliphatic carbocycles. The smallest absolute Gasteiger partial charge is 0.257 e. The number of rotatable bonds is 5. The lowest BCUT2D eigenvalue weighted by atomic mass is 9.79. The van der Waals surface area contributed by atoms with E-state index in [0.717, 1.165) is 50.0 Å². The quantitative estimate of drug-likeness (QED) is 0.654. The number of piperidine rings is 1. The standard InChI is InChI=1S/C28H33N3O2/c1-27(16-15-19-9-5-8-14-24(19)30-27)31-17-22-23(18-31)25(22)29-26(32)28(33,21-12-6-7-13-21)20-10-3-2-4-11-20/h2-5,8-11,14-16,21-23,25,30,33H,6-7,12-13,17-18H2,1H3,(H,29,32). The number of nitrogens with one attached hydrogen (secondary N) is 2. The molecule has 0 spiro atoms. The predicted octanol–water partition coefficient (Wildman–Crippen LogP) is 3.97. The zero-order chi connectivity index (χ0) is 22.6. The Morgan fingerprint density at radius 3 is 2.45 bits per heavy atom. The molecule has 2 aromatic carbocycles. The molecule has 2 heterocycles. The van der Waals surface area contributed by atoms with Crippen LogP contribution in [0.25, 0.3) is 6.08 Å². The van der Waals surface area contributed by atoms with Crippen LogP contribution in [0.15, 0.2) is 60.7 Å². The van der Waals surface area contributed by atoms with Gasteiger partial charge in [-0.15, -0.1) is 0 Å². The van der Waals surface area contributed by atoms with Crippen molar-refractivity contribution in [1.82, 2.24) is 10.2 Å². The number of benzene rings is 2. The van der Waals surface area contributed by atoms with Gasteiger partial charge in [0.1, 0.15) is 5.66 Å². The van der Waals surface area contributed by atoms with Gasteiger partial charge in [0, 0.05) is 30.7 Å². The van der Waals surface area contributed by atoms with Crippen molar-refractivity contribution in [3.05, 3.63) is 71.8 Å². The van der Waals surface area contributed by atoms with Crippen molar-refractivity contribution in [2.45, 2.75) is 49.9 Å². The minimum absolute atomic E-state index is 0.00876. The number of hydrogen-bond acceptors (Lipinski definition) is 4. The van der Waals surface area contributed by atoms with Gasteiger partial charge in [0.25, 0.3) is 5.91 Å². The first kappa shape index (κ1) is 20.9. The SMILES string of the molecule is CC1(N2CC3C(C2)C3NC(=O)C(O)(c2ccccc2)C2CCCC2)C=Cc2ccccc2N1. The van der Waals surface area contributed by atoms with Gasteiger partial charge in [0.15, 0.2) is 5.60 Å². The minimum Gasteiger partial charge on any atom is -0.375 e. The van der Waals surface area contributed by atoms with Crippen LogP contribution in [-0.2, 0) is 10.4 Å². The highest BCUT2D eigenvalue weighted by molar-refractivity contribution is 5.87. The van der Waals surface area contributed by atoms with E-state index in [1.54, 1.807) is 0 Å². The van der Waals surface area contributed by atoms with Gasteiger partial charge in [-0.1, -0.05) is 67.4 Å². The molecule has 0 bridgehead atoms. The first-order chi connectivity index (χ1) is 16.0. The Kier molecular flexibility index (Phi) is 4.89. The Morgan fingerprint density at radius 1 is 1.06 bits per heavy atom. The van der Waals surface area contributed by atoms with Crippen LogP contribution in [0.3, 0.4) is 0 Å². The lowest BCUT2D eigenvalue weighted by Gasteiger charge is -2.42. The maximum Gasteiger partial charge on any atom is 0.257 e.